The molecule has 10 atom stereocenters. The minimum absolute atomic E-state index is 0.260. The van der Waals surface area contributed by atoms with Crippen LogP contribution in [0.2, 0.25) is 0 Å². The van der Waals surface area contributed by atoms with Gasteiger partial charge >= 0.3 is 0 Å². The summed E-state index contributed by atoms with van der Waals surface area (Å²) in [5.41, 5.74) is 0. The number of hydrogen-bond donors (Lipinski definition) is 0. The second-order valence-electron chi connectivity index (χ2n) is 13.1. The normalized spacial score (nSPS) is 51.9. The molecule has 38 heavy (non-hydrogen) atoms. The standard InChI is InChI=1S/C26H42O10S2/c1-21(2)27-11-13(29-21)15-17-19(35-23(5,6)31-17)25(9,33-15)37-38-26(10)20-18(32-24(7,8)36-20)16(34-26)14-12-28-22(3,4)30-14/h13-20H,11-12H2,1-10H3/t13-,14-,15-,16-,17+,18+,19+,20+,25-,26-/m1/s1. The van der Waals surface area contributed by atoms with Crippen LogP contribution in [0.4, 0.5) is 0 Å². The highest BCUT2D eigenvalue weighted by Crippen LogP contribution is 2.60. The summed E-state index contributed by atoms with van der Waals surface area (Å²) in [5.74, 6) is -2.80. The molecule has 0 unspecified atom stereocenters. The predicted octanol–water partition coefficient (Wildman–Crippen LogP) is 3.94. The third kappa shape index (κ3) is 4.98. The van der Waals surface area contributed by atoms with Crippen LogP contribution in [-0.4, -0.2) is 95.1 Å². The molecule has 6 aliphatic rings. The number of fused-ring (bicyclic) bond motifs is 2. The maximum absolute atomic E-state index is 6.71. The molecule has 0 bridgehead atoms. The van der Waals surface area contributed by atoms with Crippen molar-refractivity contribution in [1.82, 2.24) is 0 Å². The van der Waals surface area contributed by atoms with Crippen LogP contribution in [0.1, 0.15) is 69.2 Å². The second kappa shape index (κ2) is 8.90. The van der Waals surface area contributed by atoms with Crippen molar-refractivity contribution in [2.24, 2.45) is 0 Å². The quantitative estimate of drug-likeness (QED) is 0.443. The van der Waals surface area contributed by atoms with Gasteiger partial charge < -0.3 is 47.4 Å². The van der Waals surface area contributed by atoms with Gasteiger partial charge in [0.05, 0.1) is 13.2 Å². The van der Waals surface area contributed by atoms with Crippen molar-refractivity contribution < 1.29 is 47.4 Å². The summed E-state index contributed by atoms with van der Waals surface area (Å²) in [6.45, 7) is 20.4. The van der Waals surface area contributed by atoms with E-state index in [1.54, 1.807) is 21.6 Å². The van der Waals surface area contributed by atoms with Crippen LogP contribution in [0.15, 0.2) is 0 Å². The molecule has 10 nitrogen and oxygen atoms in total. The van der Waals surface area contributed by atoms with Crippen LogP contribution < -0.4 is 0 Å². The number of hydrogen-bond acceptors (Lipinski definition) is 12. The summed E-state index contributed by atoms with van der Waals surface area (Å²) >= 11 is 0. The maximum Gasteiger partial charge on any atom is 0.164 e. The van der Waals surface area contributed by atoms with Gasteiger partial charge in [-0.05, 0) is 69.2 Å². The Hall–Kier alpha value is 0.300. The van der Waals surface area contributed by atoms with Crippen LogP contribution in [0.3, 0.4) is 0 Å². The van der Waals surface area contributed by atoms with Gasteiger partial charge in [-0.25, -0.2) is 0 Å². The fourth-order valence-electron chi connectivity index (χ4n) is 6.31. The monoisotopic (exact) mass is 578 g/mol. The van der Waals surface area contributed by atoms with E-state index in [9.17, 15) is 0 Å². The van der Waals surface area contributed by atoms with E-state index in [2.05, 4.69) is 0 Å². The van der Waals surface area contributed by atoms with E-state index >= 15 is 0 Å². The van der Waals surface area contributed by atoms with Crippen molar-refractivity contribution in [3.8, 4) is 0 Å². The van der Waals surface area contributed by atoms with Crippen LogP contribution in [0.25, 0.3) is 0 Å². The number of ether oxygens (including phenoxy) is 10. The smallest absolute Gasteiger partial charge is 0.164 e. The zero-order chi connectivity index (χ0) is 27.5. The van der Waals surface area contributed by atoms with E-state index in [0.29, 0.717) is 13.2 Å². The first-order valence-corrected chi connectivity index (χ1v) is 15.6. The van der Waals surface area contributed by atoms with E-state index in [0.717, 1.165) is 0 Å². The van der Waals surface area contributed by atoms with Crippen molar-refractivity contribution in [3.05, 3.63) is 0 Å². The lowest BCUT2D eigenvalue weighted by Gasteiger charge is -2.36. The minimum atomic E-state index is -0.742. The van der Waals surface area contributed by atoms with Gasteiger partial charge in [-0.15, -0.1) is 0 Å². The fourth-order valence-corrected chi connectivity index (χ4v) is 9.29. The topological polar surface area (TPSA) is 92.3 Å². The lowest BCUT2D eigenvalue weighted by Crippen LogP contribution is -2.41. The Morgan fingerprint density at radius 2 is 0.789 bits per heavy atom. The van der Waals surface area contributed by atoms with E-state index in [1.165, 1.54) is 0 Å². The summed E-state index contributed by atoms with van der Waals surface area (Å²) in [6, 6.07) is 0. The Morgan fingerprint density at radius 1 is 0.421 bits per heavy atom. The molecule has 0 radical (unpaired) electrons. The molecule has 0 amide bonds. The molecule has 0 saturated carbocycles. The average Bonchev–Trinajstić information content (AvgIpc) is 3.57. The fraction of sp³-hybridized carbons (Fsp3) is 1.00. The van der Waals surface area contributed by atoms with Crippen molar-refractivity contribution in [1.29, 1.82) is 0 Å². The molecule has 0 N–H and O–H groups in total. The highest BCUT2D eigenvalue weighted by Gasteiger charge is 2.67. The summed E-state index contributed by atoms with van der Waals surface area (Å²) in [4.78, 5) is -1.48. The third-order valence-electron chi connectivity index (χ3n) is 7.85. The molecule has 0 aromatic carbocycles. The zero-order valence-electron chi connectivity index (χ0n) is 23.9. The molecule has 6 heterocycles. The molecular formula is C26H42O10S2. The molecule has 218 valence electrons. The van der Waals surface area contributed by atoms with Gasteiger partial charge in [0.15, 0.2) is 23.1 Å². The Bertz CT molecular complexity index is 871. The van der Waals surface area contributed by atoms with Crippen molar-refractivity contribution in [3.63, 3.8) is 0 Å². The van der Waals surface area contributed by atoms with Crippen LogP contribution in [0.5, 0.6) is 0 Å². The lowest BCUT2D eigenvalue weighted by molar-refractivity contribution is -0.210. The van der Waals surface area contributed by atoms with E-state index in [-0.39, 0.29) is 48.8 Å². The van der Waals surface area contributed by atoms with Crippen molar-refractivity contribution in [2.45, 2.75) is 151 Å². The zero-order valence-corrected chi connectivity index (χ0v) is 25.6. The van der Waals surface area contributed by atoms with Gasteiger partial charge in [-0.2, -0.15) is 0 Å². The Morgan fingerprint density at radius 3 is 1.11 bits per heavy atom. The van der Waals surface area contributed by atoms with Gasteiger partial charge in [0.25, 0.3) is 0 Å². The molecule has 12 heteroatoms. The molecule has 6 fully saturated rings. The van der Waals surface area contributed by atoms with Gasteiger partial charge in [-0.3, -0.25) is 0 Å². The molecule has 0 spiro atoms. The Kier molecular flexibility index (Phi) is 6.66. The Labute approximate surface area is 233 Å². The summed E-state index contributed by atoms with van der Waals surface area (Å²) in [5, 5.41) is 0. The first kappa shape index (κ1) is 28.4. The first-order valence-electron chi connectivity index (χ1n) is 13.5. The molecule has 0 aromatic rings. The molecule has 0 aromatic heterocycles. The SMILES string of the molecule is CC1(C)OC[C@H]([C@H]2O[C@](C)(SS[C@@]3(C)O[C@H]([C@H]4COC(C)(C)O4)[C@@H]4OC(C)(C)O[C@@H]43)[C@H]3OC(C)(C)O[C@@H]23)O1. The highest BCUT2D eigenvalue weighted by atomic mass is 33.1. The molecule has 6 aliphatic heterocycles. The maximum atomic E-state index is 6.71. The van der Waals surface area contributed by atoms with E-state index in [4.69, 9.17) is 47.4 Å². The largest absolute Gasteiger partial charge is 0.352 e. The summed E-state index contributed by atoms with van der Waals surface area (Å²) < 4.78 is 63.0. The predicted molar refractivity (Wildman–Crippen MR) is 139 cm³/mol. The van der Waals surface area contributed by atoms with Crippen LogP contribution in [-0.2, 0) is 47.4 Å². The van der Waals surface area contributed by atoms with Gasteiger partial charge in [0.2, 0.25) is 0 Å². The average molecular weight is 579 g/mol. The van der Waals surface area contributed by atoms with E-state index < -0.39 is 33.0 Å². The molecular weight excluding hydrogens is 536 g/mol. The van der Waals surface area contributed by atoms with Crippen molar-refractivity contribution >= 4 is 21.6 Å². The van der Waals surface area contributed by atoms with Gasteiger partial charge in [0.1, 0.15) is 58.7 Å². The highest BCUT2D eigenvalue weighted by molar-refractivity contribution is 8.77. The second-order valence-corrected chi connectivity index (χ2v) is 16.1. The lowest BCUT2D eigenvalue weighted by atomic mass is 10.0. The first-order chi connectivity index (χ1) is 17.4. The van der Waals surface area contributed by atoms with E-state index in [1.807, 2.05) is 69.2 Å². The van der Waals surface area contributed by atoms with Gasteiger partial charge in [-0.1, -0.05) is 21.6 Å². The minimum Gasteiger partial charge on any atom is -0.352 e. The van der Waals surface area contributed by atoms with Crippen molar-refractivity contribution in [2.75, 3.05) is 13.2 Å². The van der Waals surface area contributed by atoms with Gasteiger partial charge in [0, 0.05) is 0 Å². The molecule has 0 aliphatic carbocycles. The number of rotatable bonds is 5. The Balaban J connectivity index is 1.21. The molecule has 6 rings (SSSR count). The summed E-state index contributed by atoms with van der Waals surface area (Å²) in [6.07, 6.45) is -2.40. The third-order valence-corrected chi connectivity index (χ3v) is 11.5. The van der Waals surface area contributed by atoms with Crippen LogP contribution in [0, 0.1) is 0 Å². The summed E-state index contributed by atoms with van der Waals surface area (Å²) in [7, 11) is 3.15. The molecule has 6 saturated heterocycles. The van der Waals surface area contributed by atoms with Crippen LogP contribution >= 0.6 is 21.6 Å².